The summed E-state index contributed by atoms with van der Waals surface area (Å²) in [5, 5.41) is 2.84. The molecule has 2 rings (SSSR count). The Morgan fingerprint density at radius 2 is 1.85 bits per heavy atom. The molecule has 0 bridgehead atoms. The zero-order valence-corrected chi connectivity index (χ0v) is 12.4. The van der Waals surface area contributed by atoms with Crippen LogP contribution in [0.15, 0.2) is 30.3 Å². The Kier molecular flexibility index (Phi) is 4.65. The largest absolute Gasteiger partial charge is 0.325 e. The van der Waals surface area contributed by atoms with E-state index in [4.69, 9.17) is 0 Å². The minimum absolute atomic E-state index is 0.117. The molecule has 1 aliphatic heterocycles. The molecule has 0 aliphatic carbocycles. The third-order valence-corrected chi connectivity index (χ3v) is 4.54. The van der Waals surface area contributed by atoms with Crippen LogP contribution in [0.1, 0.15) is 12.8 Å². The molecule has 1 aromatic carbocycles. The summed E-state index contributed by atoms with van der Waals surface area (Å²) >= 11 is 0. The number of benzene rings is 1. The Morgan fingerprint density at radius 3 is 2.40 bits per heavy atom. The van der Waals surface area contributed by atoms with Crippen molar-refractivity contribution in [2.24, 2.45) is 5.92 Å². The molecule has 2 amide bonds. The lowest BCUT2D eigenvalue weighted by molar-refractivity contribution is 0.187. The van der Waals surface area contributed by atoms with E-state index < -0.39 is 9.84 Å². The van der Waals surface area contributed by atoms with Gasteiger partial charge in [0.1, 0.15) is 9.84 Å². The number of hydrogen-bond donors (Lipinski definition) is 1. The van der Waals surface area contributed by atoms with Gasteiger partial charge < -0.3 is 10.2 Å². The van der Waals surface area contributed by atoms with Crippen molar-refractivity contribution in [2.45, 2.75) is 12.8 Å². The molecule has 1 aliphatic rings. The van der Waals surface area contributed by atoms with Gasteiger partial charge in [-0.05, 0) is 30.9 Å². The van der Waals surface area contributed by atoms with Gasteiger partial charge in [0.2, 0.25) is 0 Å². The van der Waals surface area contributed by atoms with Crippen molar-refractivity contribution in [3.63, 3.8) is 0 Å². The SMILES string of the molecule is CS(=O)(=O)CC1CCN(C(=O)Nc2ccccc2)CC1. The summed E-state index contributed by atoms with van der Waals surface area (Å²) in [7, 11) is -2.93. The second kappa shape index (κ2) is 6.26. The molecule has 110 valence electrons. The van der Waals surface area contributed by atoms with E-state index in [0.29, 0.717) is 13.1 Å². The highest BCUT2D eigenvalue weighted by atomic mass is 32.2. The number of piperidine rings is 1. The van der Waals surface area contributed by atoms with Crippen LogP contribution >= 0.6 is 0 Å². The number of rotatable bonds is 3. The first-order chi connectivity index (χ1) is 9.44. The van der Waals surface area contributed by atoms with Crippen LogP contribution in [0.2, 0.25) is 0 Å². The summed E-state index contributed by atoms with van der Waals surface area (Å²) in [5.41, 5.74) is 0.774. The molecule has 0 spiro atoms. The van der Waals surface area contributed by atoms with Gasteiger partial charge in [0.15, 0.2) is 0 Å². The number of carbonyl (C=O) groups excluding carboxylic acids is 1. The molecular formula is C14H20N2O3S. The van der Waals surface area contributed by atoms with Crippen LogP contribution in [0.4, 0.5) is 10.5 Å². The number of likely N-dealkylation sites (tertiary alicyclic amines) is 1. The van der Waals surface area contributed by atoms with Gasteiger partial charge in [0.25, 0.3) is 0 Å². The van der Waals surface area contributed by atoms with Crippen molar-refractivity contribution in [3.05, 3.63) is 30.3 Å². The standard InChI is InChI=1S/C14H20N2O3S/c1-20(18,19)11-12-7-9-16(10-8-12)14(17)15-13-5-3-2-4-6-13/h2-6,12H,7-11H2,1H3,(H,15,17). The second-order valence-corrected chi connectivity index (χ2v) is 7.50. The zero-order valence-electron chi connectivity index (χ0n) is 11.6. The first-order valence-corrected chi connectivity index (χ1v) is 8.79. The Bertz CT molecular complexity index is 549. The van der Waals surface area contributed by atoms with Crippen LogP contribution in [-0.4, -0.2) is 44.4 Å². The first-order valence-electron chi connectivity index (χ1n) is 6.73. The van der Waals surface area contributed by atoms with Crippen molar-refractivity contribution >= 4 is 21.6 Å². The van der Waals surface area contributed by atoms with Crippen LogP contribution in [0.5, 0.6) is 0 Å². The molecule has 1 saturated heterocycles. The van der Waals surface area contributed by atoms with E-state index in [9.17, 15) is 13.2 Å². The molecule has 5 nitrogen and oxygen atoms in total. The number of urea groups is 1. The number of anilines is 1. The number of sulfone groups is 1. The lowest BCUT2D eigenvalue weighted by Gasteiger charge is -2.31. The maximum Gasteiger partial charge on any atom is 0.321 e. The van der Waals surface area contributed by atoms with E-state index >= 15 is 0 Å². The Balaban J connectivity index is 1.83. The summed E-state index contributed by atoms with van der Waals surface area (Å²) in [6, 6.07) is 9.20. The van der Waals surface area contributed by atoms with Gasteiger partial charge in [-0.25, -0.2) is 13.2 Å². The molecule has 1 fully saturated rings. The average molecular weight is 296 g/mol. The number of para-hydroxylation sites is 1. The van der Waals surface area contributed by atoms with Crippen LogP contribution in [0.25, 0.3) is 0 Å². The number of carbonyl (C=O) groups is 1. The van der Waals surface area contributed by atoms with Crippen molar-refractivity contribution < 1.29 is 13.2 Å². The van der Waals surface area contributed by atoms with Gasteiger partial charge in [-0.15, -0.1) is 0 Å². The van der Waals surface area contributed by atoms with Gasteiger partial charge in [-0.3, -0.25) is 0 Å². The Labute approximate surface area is 119 Å². The quantitative estimate of drug-likeness (QED) is 0.927. The third-order valence-electron chi connectivity index (χ3n) is 3.47. The number of amides is 2. The number of hydrogen-bond acceptors (Lipinski definition) is 3. The van der Waals surface area contributed by atoms with Crippen LogP contribution in [0, 0.1) is 5.92 Å². The monoisotopic (exact) mass is 296 g/mol. The predicted octanol–water partition coefficient (Wildman–Crippen LogP) is 1.98. The summed E-state index contributed by atoms with van der Waals surface area (Å²) in [5.74, 6) is 0.395. The van der Waals surface area contributed by atoms with E-state index in [1.165, 1.54) is 6.26 Å². The van der Waals surface area contributed by atoms with Crippen LogP contribution in [-0.2, 0) is 9.84 Å². The van der Waals surface area contributed by atoms with Crippen LogP contribution in [0.3, 0.4) is 0 Å². The van der Waals surface area contributed by atoms with Gasteiger partial charge in [-0.2, -0.15) is 0 Å². The summed E-state index contributed by atoms with van der Waals surface area (Å²) < 4.78 is 22.5. The topological polar surface area (TPSA) is 66.5 Å². The van der Waals surface area contributed by atoms with Crippen LogP contribution < -0.4 is 5.32 Å². The lowest BCUT2D eigenvalue weighted by Crippen LogP contribution is -2.42. The highest BCUT2D eigenvalue weighted by Gasteiger charge is 2.25. The molecule has 6 heteroatoms. The minimum Gasteiger partial charge on any atom is -0.325 e. The first kappa shape index (κ1) is 14.8. The van der Waals surface area contributed by atoms with E-state index in [-0.39, 0.29) is 17.7 Å². The van der Waals surface area contributed by atoms with Gasteiger partial charge in [-0.1, -0.05) is 18.2 Å². The van der Waals surface area contributed by atoms with Gasteiger partial charge >= 0.3 is 6.03 Å². The van der Waals surface area contributed by atoms with Crippen molar-refractivity contribution in [1.82, 2.24) is 4.90 Å². The van der Waals surface area contributed by atoms with Crippen molar-refractivity contribution in [1.29, 1.82) is 0 Å². The second-order valence-electron chi connectivity index (χ2n) is 5.32. The molecule has 20 heavy (non-hydrogen) atoms. The number of nitrogens with one attached hydrogen (secondary N) is 1. The van der Waals surface area contributed by atoms with Crippen molar-refractivity contribution in [2.75, 3.05) is 30.4 Å². The smallest absolute Gasteiger partial charge is 0.321 e. The fourth-order valence-corrected chi connectivity index (χ4v) is 3.64. The Hall–Kier alpha value is -1.56. The summed E-state index contributed by atoms with van der Waals surface area (Å²) in [6.45, 7) is 1.22. The van der Waals surface area contributed by atoms with Gasteiger partial charge in [0.05, 0.1) is 5.75 Å². The molecule has 0 unspecified atom stereocenters. The summed E-state index contributed by atoms with van der Waals surface area (Å²) in [4.78, 5) is 13.8. The Morgan fingerprint density at radius 1 is 1.25 bits per heavy atom. The molecule has 0 aromatic heterocycles. The fourth-order valence-electron chi connectivity index (χ4n) is 2.45. The van der Waals surface area contributed by atoms with E-state index in [1.807, 2.05) is 30.3 Å². The van der Waals surface area contributed by atoms with Gasteiger partial charge in [0, 0.05) is 25.0 Å². The van der Waals surface area contributed by atoms with E-state index in [1.54, 1.807) is 4.90 Å². The molecule has 0 radical (unpaired) electrons. The molecule has 1 aromatic rings. The zero-order chi connectivity index (χ0) is 14.6. The number of nitrogens with zero attached hydrogens (tertiary/aromatic N) is 1. The summed E-state index contributed by atoms with van der Waals surface area (Å²) in [6.07, 6.45) is 2.76. The molecular weight excluding hydrogens is 276 g/mol. The normalized spacial score (nSPS) is 16.9. The predicted molar refractivity (Wildman–Crippen MR) is 79.5 cm³/mol. The highest BCUT2D eigenvalue weighted by molar-refractivity contribution is 7.90. The maximum atomic E-state index is 12.1. The molecule has 0 atom stereocenters. The lowest BCUT2D eigenvalue weighted by atomic mass is 9.99. The van der Waals surface area contributed by atoms with E-state index in [0.717, 1.165) is 18.5 Å². The molecule has 1 N–H and O–H groups in total. The fraction of sp³-hybridized carbons (Fsp3) is 0.500. The third kappa shape index (κ3) is 4.52. The highest BCUT2D eigenvalue weighted by Crippen LogP contribution is 2.19. The minimum atomic E-state index is -2.93. The van der Waals surface area contributed by atoms with E-state index in [2.05, 4.69) is 5.32 Å². The average Bonchev–Trinajstić information content (AvgIpc) is 2.39. The van der Waals surface area contributed by atoms with Crippen molar-refractivity contribution in [3.8, 4) is 0 Å². The maximum absolute atomic E-state index is 12.1. The molecule has 1 heterocycles. The molecule has 0 saturated carbocycles.